The molecule has 1 aliphatic carbocycles. The highest BCUT2D eigenvalue weighted by molar-refractivity contribution is 5.92. The molecule has 106 valence electrons. The van der Waals surface area contributed by atoms with Crippen LogP contribution in [0.25, 0.3) is 0 Å². The maximum Gasteiger partial charge on any atom is 0.360 e. The zero-order valence-electron chi connectivity index (χ0n) is 12.0. The Hall–Kier alpha value is -1.52. The molecular weight excluding hydrogens is 242 g/mol. The van der Waals surface area contributed by atoms with Gasteiger partial charge in [-0.25, -0.2) is 9.78 Å². The van der Waals surface area contributed by atoms with Gasteiger partial charge in [0.15, 0.2) is 5.69 Å². The Kier molecular flexibility index (Phi) is 3.83. The van der Waals surface area contributed by atoms with Crippen molar-refractivity contribution in [2.24, 2.45) is 5.41 Å². The summed E-state index contributed by atoms with van der Waals surface area (Å²) in [6.45, 7) is 4.97. The molecule has 5 nitrogen and oxygen atoms in total. The summed E-state index contributed by atoms with van der Waals surface area (Å²) in [6.07, 6.45) is 6.16. The second-order valence-electron chi connectivity index (χ2n) is 5.53. The molecule has 0 bridgehead atoms. The van der Waals surface area contributed by atoms with Crippen LogP contribution in [0.5, 0.6) is 0 Å². The van der Waals surface area contributed by atoms with E-state index < -0.39 is 5.97 Å². The number of hydrogen-bond acceptors (Lipinski definition) is 4. The van der Waals surface area contributed by atoms with E-state index in [9.17, 15) is 4.79 Å². The molecule has 0 spiro atoms. The summed E-state index contributed by atoms with van der Waals surface area (Å²) >= 11 is 0. The summed E-state index contributed by atoms with van der Waals surface area (Å²) in [5.74, 6) is 0.762. The first-order valence-electron chi connectivity index (χ1n) is 6.94. The topological polar surface area (TPSA) is 70.1 Å². The SMILES string of the molecule is CCC1(Cn2c(C)nc(C(=O)OC)c2N)CCCC1. The predicted molar refractivity (Wildman–Crippen MR) is 73.9 cm³/mol. The Bertz CT molecular complexity index is 473. The molecule has 1 aromatic heterocycles. The molecule has 1 saturated carbocycles. The number of nitrogens with two attached hydrogens (primary N) is 1. The van der Waals surface area contributed by atoms with Crippen LogP contribution in [0.4, 0.5) is 5.82 Å². The van der Waals surface area contributed by atoms with Crippen molar-refractivity contribution in [3.8, 4) is 0 Å². The normalized spacial score (nSPS) is 17.6. The van der Waals surface area contributed by atoms with Crippen LogP contribution in [-0.4, -0.2) is 22.6 Å². The van der Waals surface area contributed by atoms with E-state index in [1.807, 2.05) is 11.5 Å². The summed E-state index contributed by atoms with van der Waals surface area (Å²) in [5, 5.41) is 0. The summed E-state index contributed by atoms with van der Waals surface area (Å²) in [6, 6.07) is 0. The highest BCUT2D eigenvalue weighted by atomic mass is 16.5. The fourth-order valence-corrected chi connectivity index (χ4v) is 3.11. The number of aromatic nitrogens is 2. The minimum atomic E-state index is -0.462. The van der Waals surface area contributed by atoms with Gasteiger partial charge in [0.05, 0.1) is 7.11 Å². The molecule has 1 aromatic rings. The maximum atomic E-state index is 11.6. The van der Waals surface area contributed by atoms with E-state index in [1.165, 1.54) is 32.8 Å². The van der Waals surface area contributed by atoms with Crippen LogP contribution in [-0.2, 0) is 11.3 Å². The molecule has 19 heavy (non-hydrogen) atoms. The first-order chi connectivity index (χ1) is 9.03. The standard InChI is InChI=1S/C14H23N3O2/c1-4-14(7-5-6-8-14)9-17-10(2)16-11(12(17)15)13(18)19-3/h4-9,15H2,1-3H3. The third-order valence-corrected chi connectivity index (χ3v) is 4.48. The van der Waals surface area contributed by atoms with Gasteiger partial charge in [-0.1, -0.05) is 19.8 Å². The van der Waals surface area contributed by atoms with Crippen molar-refractivity contribution in [3.63, 3.8) is 0 Å². The summed E-state index contributed by atoms with van der Waals surface area (Å²) in [5.41, 5.74) is 6.62. The maximum absolute atomic E-state index is 11.6. The van der Waals surface area contributed by atoms with Gasteiger partial charge in [-0.15, -0.1) is 0 Å². The quantitative estimate of drug-likeness (QED) is 0.849. The number of hydrogen-bond donors (Lipinski definition) is 1. The van der Waals surface area contributed by atoms with Crippen molar-refractivity contribution in [1.82, 2.24) is 9.55 Å². The van der Waals surface area contributed by atoms with Crippen molar-refractivity contribution >= 4 is 11.8 Å². The highest BCUT2D eigenvalue weighted by Crippen LogP contribution is 2.43. The van der Waals surface area contributed by atoms with Crippen molar-refractivity contribution in [1.29, 1.82) is 0 Å². The molecule has 0 unspecified atom stereocenters. The second kappa shape index (κ2) is 5.23. The number of carbonyl (C=O) groups is 1. The molecule has 0 radical (unpaired) electrons. The molecule has 0 saturated heterocycles. The van der Waals surface area contributed by atoms with Gasteiger partial charge in [-0.05, 0) is 31.6 Å². The minimum absolute atomic E-state index is 0.240. The van der Waals surface area contributed by atoms with Crippen LogP contribution in [0.15, 0.2) is 0 Å². The molecule has 0 atom stereocenters. The number of anilines is 1. The van der Waals surface area contributed by atoms with E-state index in [2.05, 4.69) is 11.9 Å². The average molecular weight is 265 g/mol. The van der Waals surface area contributed by atoms with Gasteiger partial charge in [0.2, 0.25) is 0 Å². The lowest BCUT2D eigenvalue weighted by Gasteiger charge is -2.29. The fraction of sp³-hybridized carbons (Fsp3) is 0.714. The van der Waals surface area contributed by atoms with Gasteiger partial charge in [-0.3, -0.25) is 0 Å². The molecule has 0 amide bonds. The number of carbonyl (C=O) groups excluding carboxylic acids is 1. The first kappa shape index (κ1) is 13.9. The minimum Gasteiger partial charge on any atom is -0.464 e. The summed E-state index contributed by atoms with van der Waals surface area (Å²) in [4.78, 5) is 15.9. The monoisotopic (exact) mass is 265 g/mol. The third-order valence-electron chi connectivity index (χ3n) is 4.48. The van der Waals surface area contributed by atoms with Crippen molar-refractivity contribution in [3.05, 3.63) is 11.5 Å². The summed E-state index contributed by atoms with van der Waals surface area (Å²) < 4.78 is 6.69. The van der Waals surface area contributed by atoms with E-state index in [4.69, 9.17) is 10.5 Å². The Morgan fingerprint density at radius 2 is 2.11 bits per heavy atom. The van der Waals surface area contributed by atoms with Gasteiger partial charge in [0, 0.05) is 6.54 Å². The molecule has 0 aliphatic heterocycles. The lowest BCUT2D eigenvalue weighted by Crippen LogP contribution is -2.24. The Morgan fingerprint density at radius 3 is 2.63 bits per heavy atom. The van der Waals surface area contributed by atoms with E-state index in [0.717, 1.165) is 18.8 Å². The molecule has 0 aromatic carbocycles. The highest BCUT2D eigenvalue weighted by Gasteiger charge is 2.34. The predicted octanol–water partition coefficient (Wildman–Crippen LogP) is 2.53. The number of methoxy groups -OCH3 is 1. The number of ether oxygens (including phenoxy) is 1. The van der Waals surface area contributed by atoms with Crippen molar-refractivity contribution in [2.75, 3.05) is 12.8 Å². The second-order valence-corrected chi connectivity index (χ2v) is 5.53. The number of aryl methyl sites for hydroxylation is 1. The summed E-state index contributed by atoms with van der Waals surface area (Å²) in [7, 11) is 1.35. The van der Waals surface area contributed by atoms with Gasteiger partial charge in [0.25, 0.3) is 0 Å². The van der Waals surface area contributed by atoms with Gasteiger partial charge in [-0.2, -0.15) is 0 Å². The molecular formula is C14H23N3O2. The molecule has 5 heteroatoms. The zero-order valence-corrected chi connectivity index (χ0v) is 12.0. The molecule has 2 rings (SSSR count). The van der Waals surface area contributed by atoms with Gasteiger partial charge in [0.1, 0.15) is 11.6 Å². The Balaban J connectivity index is 2.30. The van der Waals surface area contributed by atoms with E-state index >= 15 is 0 Å². The van der Waals surface area contributed by atoms with Crippen LogP contribution < -0.4 is 5.73 Å². The number of esters is 1. The number of nitrogen functional groups attached to an aromatic ring is 1. The first-order valence-corrected chi connectivity index (χ1v) is 6.94. The van der Waals surface area contributed by atoms with Crippen LogP contribution in [0, 0.1) is 12.3 Å². The third kappa shape index (κ3) is 2.46. The van der Waals surface area contributed by atoms with E-state index in [-0.39, 0.29) is 5.69 Å². The van der Waals surface area contributed by atoms with Crippen LogP contribution in [0.2, 0.25) is 0 Å². The largest absolute Gasteiger partial charge is 0.464 e. The molecule has 1 aliphatic rings. The lowest BCUT2D eigenvalue weighted by molar-refractivity contribution is 0.0595. The smallest absolute Gasteiger partial charge is 0.360 e. The Morgan fingerprint density at radius 1 is 1.47 bits per heavy atom. The van der Waals surface area contributed by atoms with Gasteiger partial charge < -0.3 is 15.0 Å². The average Bonchev–Trinajstić information content (AvgIpc) is 2.99. The van der Waals surface area contributed by atoms with Crippen LogP contribution >= 0.6 is 0 Å². The van der Waals surface area contributed by atoms with Crippen molar-refractivity contribution in [2.45, 2.75) is 52.5 Å². The number of imidazole rings is 1. The number of rotatable bonds is 4. The molecule has 1 heterocycles. The Labute approximate surface area is 114 Å². The fourth-order valence-electron chi connectivity index (χ4n) is 3.11. The van der Waals surface area contributed by atoms with Crippen molar-refractivity contribution < 1.29 is 9.53 Å². The van der Waals surface area contributed by atoms with E-state index in [1.54, 1.807) is 0 Å². The zero-order chi connectivity index (χ0) is 14.0. The molecule has 1 fully saturated rings. The number of nitrogens with zero attached hydrogens (tertiary/aromatic N) is 2. The van der Waals surface area contributed by atoms with Crippen LogP contribution in [0.1, 0.15) is 55.3 Å². The molecule has 2 N–H and O–H groups in total. The van der Waals surface area contributed by atoms with Crippen LogP contribution in [0.3, 0.4) is 0 Å². The lowest BCUT2D eigenvalue weighted by atomic mass is 9.83. The van der Waals surface area contributed by atoms with Gasteiger partial charge >= 0.3 is 5.97 Å². The van der Waals surface area contributed by atoms with E-state index in [0.29, 0.717) is 11.2 Å².